The molecular formula is C21H25NO5. The summed E-state index contributed by atoms with van der Waals surface area (Å²) in [7, 11) is 2.99. The lowest BCUT2D eigenvalue weighted by Gasteiger charge is -2.14. The molecule has 2 aromatic carbocycles. The van der Waals surface area contributed by atoms with E-state index in [4.69, 9.17) is 14.2 Å². The van der Waals surface area contributed by atoms with E-state index >= 15 is 0 Å². The molecule has 2 rings (SSSR count). The van der Waals surface area contributed by atoms with Gasteiger partial charge in [0.05, 0.1) is 19.8 Å². The van der Waals surface area contributed by atoms with Crippen LogP contribution in [0.2, 0.25) is 0 Å². The van der Waals surface area contributed by atoms with Gasteiger partial charge in [-0.15, -0.1) is 0 Å². The molecule has 0 bridgehead atoms. The van der Waals surface area contributed by atoms with Gasteiger partial charge in [-0.25, -0.2) is 4.79 Å². The van der Waals surface area contributed by atoms with E-state index in [0.29, 0.717) is 11.5 Å². The summed E-state index contributed by atoms with van der Waals surface area (Å²) in [4.78, 5) is 24.2. The molecule has 1 atom stereocenters. The number of nitrogens with one attached hydrogen (secondary N) is 1. The van der Waals surface area contributed by atoms with E-state index in [9.17, 15) is 9.59 Å². The smallest absolute Gasteiger partial charge is 0.338 e. The van der Waals surface area contributed by atoms with Gasteiger partial charge in [-0.3, -0.25) is 4.79 Å². The number of hydrogen-bond acceptors (Lipinski definition) is 5. The van der Waals surface area contributed by atoms with Gasteiger partial charge < -0.3 is 19.5 Å². The molecule has 0 aliphatic carbocycles. The van der Waals surface area contributed by atoms with Crippen LogP contribution in [0.25, 0.3) is 0 Å². The van der Waals surface area contributed by atoms with Crippen molar-refractivity contribution in [3.05, 3.63) is 59.7 Å². The van der Waals surface area contributed by atoms with E-state index < -0.39 is 5.97 Å². The lowest BCUT2D eigenvalue weighted by Crippen LogP contribution is -2.36. The number of methoxy groups -OCH3 is 2. The minimum atomic E-state index is -0.612. The maximum absolute atomic E-state index is 12.2. The van der Waals surface area contributed by atoms with Crippen molar-refractivity contribution in [3.63, 3.8) is 0 Å². The molecule has 6 heteroatoms. The van der Waals surface area contributed by atoms with Crippen LogP contribution in [0.1, 0.15) is 29.3 Å². The average molecular weight is 371 g/mol. The molecule has 0 fully saturated rings. The van der Waals surface area contributed by atoms with Crippen molar-refractivity contribution in [1.29, 1.82) is 0 Å². The number of rotatable bonds is 9. The van der Waals surface area contributed by atoms with Gasteiger partial charge >= 0.3 is 5.97 Å². The van der Waals surface area contributed by atoms with E-state index in [0.717, 1.165) is 12.8 Å². The van der Waals surface area contributed by atoms with Gasteiger partial charge in [-0.1, -0.05) is 30.3 Å². The quantitative estimate of drug-likeness (QED) is 0.686. The Morgan fingerprint density at radius 3 is 2.22 bits per heavy atom. The Bertz CT molecular complexity index is 738. The number of carbonyl (C=O) groups excluding carboxylic acids is 2. The first-order valence-electron chi connectivity index (χ1n) is 8.75. The SMILES string of the molecule is COc1cc(OC)cc(C(=O)OCC(=O)N[C@@H](C)CCc2ccccc2)c1. The Labute approximate surface area is 159 Å². The molecule has 0 aliphatic rings. The number of benzene rings is 2. The fourth-order valence-electron chi connectivity index (χ4n) is 2.56. The van der Waals surface area contributed by atoms with Gasteiger partial charge in [-0.05, 0) is 37.5 Å². The summed E-state index contributed by atoms with van der Waals surface area (Å²) in [5, 5.41) is 2.84. The topological polar surface area (TPSA) is 73.9 Å². The molecule has 2 aromatic rings. The van der Waals surface area contributed by atoms with Crippen LogP contribution in [-0.4, -0.2) is 38.7 Å². The summed E-state index contributed by atoms with van der Waals surface area (Å²) >= 11 is 0. The second-order valence-corrected chi connectivity index (χ2v) is 6.17. The number of aryl methyl sites for hydroxylation is 1. The number of carbonyl (C=O) groups is 2. The van der Waals surface area contributed by atoms with Crippen LogP contribution in [-0.2, 0) is 16.0 Å². The normalized spacial score (nSPS) is 11.4. The van der Waals surface area contributed by atoms with Crippen molar-refractivity contribution in [2.45, 2.75) is 25.8 Å². The Kier molecular flexibility index (Phi) is 7.67. The van der Waals surface area contributed by atoms with E-state index in [-0.39, 0.29) is 24.1 Å². The van der Waals surface area contributed by atoms with Crippen molar-refractivity contribution >= 4 is 11.9 Å². The van der Waals surface area contributed by atoms with Crippen LogP contribution < -0.4 is 14.8 Å². The van der Waals surface area contributed by atoms with Crippen molar-refractivity contribution in [3.8, 4) is 11.5 Å². The van der Waals surface area contributed by atoms with E-state index in [1.54, 1.807) is 6.07 Å². The zero-order valence-corrected chi connectivity index (χ0v) is 15.9. The van der Waals surface area contributed by atoms with Gasteiger partial charge in [-0.2, -0.15) is 0 Å². The first kappa shape index (κ1) is 20.3. The highest BCUT2D eigenvalue weighted by Gasteiger charge is 2.14. The number of esters is 1. The summed E-state index contributed by atoms with van der Waals surface area (Å²) in [6.07, 6.45) is 1.67. The molecule has 0 aliphatic heterocycles. The minimum absolute atomic E-state index is 0.0201. The molecule has 0 saturated heterocycles. The largest absolute Gasteiger partial charge is 0.497 e. The highest BCUT2D eigenvalue weighted by molar-refractivity contribution is 5.92. The summed E-state index contributed by atoms with van der Waals surface area (Å²) in [5.41, 5.74) is 1.48. The summed E-state index contributed by atoms with van der Waals surface area (Å²) in [6, 6.07) is 14.8. The van der Waals surface area contributed by atoms with Crippen LogP contribution in [0.5, 0.6) is 11.5 Å². The van der Waals surface area contributed by atoms with E-state index in [2.05, 4.69) is 17.4 Å². The molecule has 144 valence electrons. The van der Waals surface area contributed by atoms with Gasteiger partial charge in [0.2, 0.25) is 0 Å². The molecule has 6 nitrogen and oxygen atoms in total. The predicted molar refractivity (Wildman–Crippen MR) is 102 cm³/mol. The zero-order valence-electron chi connectivity index (χ0n) is 15.9. The maximum Gasteiger partial charge on any atom is 0.338 e. The first-order valence-corrected chi connectivity index (χ1v) is 8.75. The molecular weight excluding hydrogens is 346 g/mol. The Balaban J connectivity index is 1.80. The molecule has 0 spiro atoms. The number of hydrogen-bond donors (Lipinski definition) is 1. The Morgan fingerprint density at radius 2 is 1.63 bits per heavy atom. The van der Waals surface area contributed by atoms with Gasteiger partial charge in [0.1, 0.15) is 11.5 Å². The van der Waals surface area contributed by atoms with Crippen molar-refractivity contribution in [2.24, 2.45) is 0 Å². The van der Waals surface area contributed by atoms with Crippen LogP contribution in [0.15, 0.2) is 48.5 Å². The molecule has 0 heterocycles. The lowest BCUT2D eigenvalue weighted by atomic mass is 10.1. The highest BCUT2D eigenvalue weighted by Crippen LogP contribution is 2.22. The van der Waals surface area contributed by atoms with Crippen LogP contribution in [0.3, 0.4) is 0 Å². The number of ether oxygens (including phenoxy) is 3. The van der Waals surface area contributed by atoms with Crippen molar-refractivity contribution in [1.82, 2.24) is 5.32 Å². The summed E-state index contributed by atoms with van der Waals surface area (Å²) in [5.74, 6) is -0.00127. The third-order valence-corrected chi connectivity index (χ3v) is 4.04. The molecule has 1 N–H and O–H groups in total. The second-order valence-electron chi connectivity index (χ2n) is 6.17. The molecule has 0 radical (unpaired) electrons. The summed E-state index contributed by atoms with van der Waals surface area (Å²) in [6.45, 7) is 1.59. The fraction of sp³-hybridized carbons (Fsp3) is 0.333. The number of amides is 1. The second kappa shape index (κ2) is 10.2. The van der Waals surface area contributed by atoms with E-state index in [1.807, 2.05) is 25.1 Å². The van der Waals surface area contributed by atoms with Gasteiger partial charge in [0.15, 0.2) is 6.61 Å². The molecule has 27 heavy (non-hydrogen) atoms. The lowest BCUT2D eigenvalue weighted by molar-refractivity contribution is -0.124. The zero-order chi connectivity index (χ0) is 19.6. The fourth-order valence-corrected chi connectivity index (χ4v) is 2.56. The predicted octanol–water partition coefficient (Wildman–Crippen LogP) is 3.00. The summed E-state index contributed by atoms with van der Waals surface area (Å²) < 4.78 is 15.3. The monoisotopic (exact) mass is 371 g/mol. The molecule has 1 amide bonds. The third-order valence-electron chi connectivity index (χ3n) is 4.04. The third kappa shape index (κ3) is 6.66. The molecule has 0 aromatic heterocycles. The molecule has 0 saturated carbocycles. The molecule has 0 unspecified atom stereocenters. The Hall–Kier alpha value is -3.02. The van der Waals surface area contributed by atoms with E-state index in [1.165, 1.54) is 31.9 Å². The average Bonchev–Trinajstić information content (AvgIpc) is 2.70. The van der Waals surface area contributed by atoms with Crippen LogP contribution >= 0.6 is 0 Å². The standard InChI is InChI=1S/C21H25NO5/c1-15(9-10-16-7-5-4-6-8-16)22-20(23)14-27-21(24)17-11-18(25-2)13-19(12-17)26-3/h4-8,11-13,15H,9-10,14H2,1-3H3,(H,22,23)/t15-/m0/s1. The van der Waals surface area contributed by atoms with Crippen molar-refractivity contribution < 1.29 is 23.8 Å². The van der Waals surface area contributed by atoms with Crippen molar-refractivity contribution in [2.75, 3.05) is 20.8 Å². The van der Waals surface area contributed by atoms with Gasteiger partial charge in [0, 0.05) is 12.1 Å². The van der Waals surface area contributed by atoms with Crippen LogP contribution in [0.4, 0.5) is 0 Å². The Morgan fingerprint density at radius 1 is 1.00 bits per heavy atom. The first-order chi connectivity index (χ1) is 13.0. The van der Waals surface area contributed by atoms with Gasteiger partial charge in [0.25, 0.3) is 5.91 Å². The highest BCUT2D eigenvalue weighted by atomic mass is 16.5. The minimum Gasteiger partial charge on any atom is -0.497 e. The van der Waals surface area contributed by atoms with Crippen LogP contribution in [0, 0.1) is 0 Å². The maximum atomic E-state index is 12.2.